The van der Waals surface area contributed by atoms with Crippen molar-refractivity contribution in [2.75, 3.05) is 42.7 Å². The number of alkyl halides is 3. The number of amides is 3. The van der Waals surface area contributed by atoms with Crippen LogP contribution in [-0.2, 0) is 15.1 Å². The molecule has 49 heavy (non-hydrogen) atoms. The Morgan fingerprint density at radius 1 is 1.02 bits per heavy atom. The lowest BCUT2D eigenvalue weighted by atomic mass is 10.1. The van der Waals surface area contributed by atoms with E-state index in [1.54, 1.807) is 31.2 Å². The Balaban J connectivity index is 1.15. The maximum Gasteiger partial charge on any atom is 0.422 e. The molecule has 14 nitrogen and oxygen atoms in total. The lowest BCUT2D eigenvalue weighted by molar-refractivity contribution is -0.154. The van der Waals surface area contributed by atoms with E-state index in [0.717, 1.165) is 18.4 Å². The van der Waals surface area contributed by atoms with Crippen molar-refractivity contribution in [2.24, 2.45) is 0 Å². The number of benzene rings is 2. The Kier molecular flexibility index (Phi) is 10.5. The second-order valence-electron chi connectivity index (χ2n) is 11.2. The van der Waals surface area contributed by atoms with Crippen molar-refractivity contribution in [3.05, 3.63) is 76.5 Å². The quantitative estimate of drug-likeness (QED) is 0.111. The predicted molar refractivity (Wildman–Crippen MR) is 172 cm³/mol. The number of hydrogen-bond acceptors (Lipinski definition) is 11. The number of carbonyl (C=O) groups is 3. The number of halogens is 4. The molecule has 2 aromatic carbocycles. The van der Waals surface area contributed by atoms with E-state index in [1.807, 2.05) is 12.1 Å². The Morgan fingerprint density at radius 3 is 2.35 bits per heavy atom. The van der Waals surface area contributed by atoms with Crippen LogP contribution in [-0.4, -0.2) is 75.7 Å². The third kappa shape index (κ3) is 9.79. The highest BCUT2D eigenvalue weighted by Gasteiger charge is 2.45. The normalized spacial score (nSPS) is 13.3. The number of aromatic nitrogens is 4. The molecule has 3 amide bonds. The van der Waals surface area contributed by atoms with Crippen LogP contribution in [0.4, 0.5) is 36.6 Å². The van der Waals surface area contributed by atoms with Gasteiger partial charge in [-0.15, -0.1) is 0 Å². The maximum atomic E-state index is 12.9. The van der Waals surface area contributed by atoms with Crippen molar-refractivity contribution in [3.63, 3.8) is 0 Å². The number of carbonyl (C=O) groups excluding carboxylic acids is 3. The van der Waals surface area contributed by atoms with Gasteiger partial charge in [0.1, 0.15) is 5.76 Å². The van der Waals surface area contributed by atoms with E-state index in [0.29, 0.717) is 28.5 Å². The van der Waals surface area contributed by atoms with Gasteiger partial charge in [-0.05, 0) is 68.1 Å². The standard InChI is InChI=1S/C31H31ClF3N9O5/c1-18-16-23(43-49-18)38-25(46)26(47)44(2)15-3-14-36-24(45)19-4-10-22(11-5-19)37-27-39-28(41-29(40-27)48-17-31(33,34)35)42-30(12-13-30)20-6-8-21(32)9-7-20/h4-11,16H,3,12-15,17H2,1-2H3,(H,36,45)(H,38,43,46)(H2,37,39,40,41,42). The number of nitrogens with one attached hydrogen (secondary N) is 4. The van der Waals surface area contributed by atoms with E-state index < -0.39 is 36.1 Å². The fourth-order valence-corrected chi connectivity index (χ4v) is 4.72. The smallest absolute Gasteiger partial charge is 0.422 e. The van der Waals surface area contributed by atoms with Crippen molar-refractivity contribution in [1.82, 2.24) is 30.3 Å². The Hall–Kier alpha value is -5.45. The van der Waals surface area contributed by atoms with Gasteiger partial charge in [-0.25, -0.2) is 0 Å². The van der Waals surface area contributed by atoms with Crippen LogP contribution >= 0.6 is 11.6 Å². The Labute approximate surface area is 282 Å². The van der Waals surface area contributed by atoms with E-state index in [9.17, 15) is 27.6 Å². The minimum Gasteiger partial charge on any atom is -0.454 e. The number of anilines is 4. The zero-order valence-electron chi connectivity index (χ0n) is 26.2. The second kappa shape index (κ2) is 14.8. The lowest BCUT2D eigenvalue weighted by Gasteiger charge is -2.19. The van der Waals surface area contributed by atoms with Crippen LogP contribution in [0, 0.1) is 6.92 Å². The van der Waals surface area contributed by atoms with Gasteiger partial charge in [-0.2, -0.15) is 28.1 Å². The third-order valence-corrected chi connectivity index (χ3v) is 7.50. The van der Waals surface area contributed by atoms with Crippen molar-refractivity contribution < 1.29 is 36.8 Å². The molecule has 4 aromatic rings. The monoisotopic (exact) mass is 701 g/mol. The van der Waals surface area contributed by atoms with Crippen LogP contribution in [0.2, 0.25) is 5.02 Å². The van der Waals surface area contributed by atoms with Gasteiger partial charge in [0.25, 0.3) is 5.91 Å². The number of hydrogen-bond donors (Lipinski definition) is 4. The van der Waals surface area contributed by atoms with Crippen molar-refractivity contribution in [3.8, 4) is 6.01 Å². The average Bonchev–Trinajstić information content (AvgIpc) is 3.72. The Morgan fingerprint density at radius 2 is 1.71 bits per heavy atom. The molecule has 1 fully saturated rings. The first-order chi connectivity index (χ1) is 23.3. The van der Waals surface area contributed by atoms with Crippen molar-refractivity contribution in [1.29, 1.82) is 0 Å². The summed E-state index contributed by atoms with van der Waals surface area (Å²) >= 11 is 6.02. The van der Waals surface area contributed by atoms with Gasteiger partial charge in [-0.3, -0.25) is 19.7 Å². The molecule has 1 aliphatic carbocycles. The number of nitrogens with zero attached hydrogens (tertiary/aromatic N) is 5. The van der Waals surface area contributed by atoms with Crippen LogP contribution in [0.3, 0.4) is 0 Å². The van der Waals surface area contributed by atoms with Gasteiger partial charge < -0.3 is 30.1 Å². The maximum absolute atomic E-state index is 12.9. The molecule has 1 saturated carbocycles. The number of rotatable bonds is 13. The number of likely N-dealkylation sites (N-methyl/N-ethyl adjacent to an activating group) is 1. The summed E-state index contributed by atoms with van der Waals surface area (Å²) in [6.45, 7) is 0.478. The molecule has 2 heterocycles. The fourth-order valence-electron chi connectivity index (χ4n) is 4.60. The highest BCUT2D eigenvalue weighted by molar-refractivity contribution is 6.39. The van der Waals surface area contributed by atoms with Gasteiger partial charge in [-0.1, -0.05) is 28.9 Å². The molecule has 1 aliphatic rings. The summed E-state index contributed by atoms with van der Waals surface area (Å²) in [4.78, 5) is 50.7. The molecule has 0 radical (unpaired) electrons. The van der Waals surface area contributed by atoms with Crippen LogP contribution in [0.25, 0.3) is 0 Å². The molecule has 0 saturated heterocycles. The van der Waals surface area contributed by atoms with Gasteiger partial charge >= 0.3 is 24.0 Å². The van der Waals surface area contributed by atoms with E-state index in [-0.39, 0.29) is 36.7 Å². The van der Waals surface area contributed by atoms with Crippen LogP contribution in [0.5, 0.6) is 6.01 Å². The largest absolute Gasteiger partial charge is 0.454 e. The van der Waals surface area contributed by atoms with Gasteiger partial charge in [0, 0.05) is 42.5 Å². The van der Waals surface area contributed by atoms with Gasteiger partial charge in [0.15, 0.2) is 12.4 Å². The van der Waals surface area contributed by atoms with Crippen molar-refractivity contribution in [2.45, 2.75) is 37.9 Å². The first-order valence-corrected chi connectivity index (χ1v) is 15.3. The zero-order chi connectivity index (χ0) is 35.2. The van der Waals surface area contributed by atoms with E-state index >= 15 is 0 Å². The molecule has 0 atom stereocenters. The summed E-state index contributed by atoms with van der Waals surface area (Å²) in [5.74, 6) is -1.49. The zero-order valence-corrected chi connectivity index (χ0v) is 27.0. The van der Waals surface area contributed by atoms with E-state index in [4.69, 9.17) is 20.9 Å². The number of aryl methyl sites for hydroxylation is 1. The topological polar surface area (TPSA) is 176 Å². The summed E-state index contributed by atoms with van der Waals surface area (Å²) in [5, 5.41) is 15.4. The highest BCUT2D eigenvalue weighted by atomic mass is 35.5. The highest BCUT2D eigenvalue weighted by Crippen LogP contribution is 2.48. The molecule has 258 valence electrons. The first-order valence-electron chi connectivity index (χ1n) is 14.9. The minimum atomic E-state index is -4.60. The molecule has 0 spiro atoms. The van der Waals surface area contributed by atoms with Gasteiger partial charge in [0.2, 0.25) is 11.9 Å². The van der Waals surface area contributed by atoms with Gasteiger partial charge in [0.05, 0.1) is 5.54 Å². The third-order valence-electron chi connectivity index (χ3n) is 7.25. The lowest BCUT2D eigenvalue weighted by Crippen LogP contribution is -2.38. The number of ether oxygens (including phenoxy) is 1. The van der Waals surface area contributed by atoms with Crippen LogP contribution in [0.1, 0.15) is 40.9 Å². The molecule has 4 N–H and O–H groups in total. The van der Waals surface area contributed by atoms with E-state index in [1.165, 1.54) is 30.1 Å². The molecule has 0 unspecified atom stereocenters. The molecule has 0 aliphatic heterocycles. The molecular formula is C31H31ClF3N9O5. The summed E-state index contributed by atoms with van der Waals surface area (Å²) in [7, 11) is 1.46. The minimum absolute atomic E-state index is 0.0103. The first kappa shape index (κ1) is 34.9. The summed E-state index contributed by atoms with van der Waals surface area (Å²) in [5.41, 5.74) is 1.16. The SMILES string of the molecule is Cc1cc(NC(=O)C(=O)N(C)CCCNC(=O)c2ccc(Nc3nc(NC4(c5ccc(Cl)cc5)CC4)nc(OCC(F)(F)F)n3)cc2)no1. The second-order valence-corrected chi connectivity index (χ2v) is 11.6. The average molecular weight is 702 g/mol. The molecular weight excluding hydrogens is 671 g/mol. The van der Waals surface area contributed by atoms with Crippen LogP contribution < -0.4 is 26.0 Å². The summed E-state index contributed by atoms with van der Waals surface area (Å²) in [6, 6.07) is 14.3. The summed E-state index contributed by atoms with van der Waals surface area (Å²) < 4.78 is 48.3. The fraction of sp³-hybridized carbons (Fsp3) is 0.323. The van der Waals surface area contributed by atoms with Crippen molar-refractivity contribution >= 4 is 52.7 Å². The molecule has 2 aromatic heterocycles. The predicted octanol–water partition coefficient (Wildman–Crippen LogP) is 4.82. The Bertz CT molecular complexity index is 1800. The van der Waals surface area contributed by atoms with E-state index in [2.05, 4.69) is 41.4 Å². The summed E-state index contributed by atoms with van der Waals surface area (Å²) in [6.07, 6.45) is -2.76. The molecule has 5 rings (SSSR count). The molecule has 0 bridgehead atoms. The molecule has 18 heteroatoms. The van der Waals surface area contributed by atoms with Crippen LogP contribution in [0.15, 0.2) is 59.1 Å².